The van der Waals surface area contributed by atoms with Gasteiger partial charge in [0.1, 0.15) is 6.04 Å². The van der Waals surface area contributed by atoms with Gasteiger partial charge >= 0.3 is 0 Å². The second kappa shape index (κ2) is 7.37. The monoisotopic (exact) mass is 394 g/mol. The molecule has 1 atom stereocenters. The van der Waals surface area contributed by atoms with E-state index < -0.39 is 0 Å². The van der Waals surface area contributed by atoms with Crippen molar-refractivity contribution >= 4 is 10.9 Å². The van der Waals surface area contributed by atoms with Gasteiger partial charge in [-0.1, -0.05) is 25.1 Å². The Morgan fingerprint density at radius 3 is 2.62 bits per heavy atom. The highest BCUT2D eigenvalue weighted by atomic mass is 16.1. The van der Waals surface area contributed by atoms with Crippen LogP contribution in [0.15, 0.2) is 29.1 Å². The highest BCUT2D eigenvalue weighted by Crippen LogP contribution is 2.32. The summed E-state index contributed by atoms with van der Waals surface area (Å²) >= 11 is 0. The van der Waals surface area contributed by atoms with Gasteiger partial charge in [0.05, 0.1) is 11.1 Å². The van der Waals surface area contributed by atoms with Crippen LogP contribution in [-0.2, 0) is 5.54 Å². The summed E-state index contributed by atoms with van der Waals surface area (Å²) < 4.78 is 1.86. The number of benzene rings is 1. The van der Waals surface area contributed by atoms with Gasteiger partial charge in [0.15, 0.2) is 5.82 Å². The summed E-state index contributed by atoms with van der Waals surface area (Å²) in [7, 11) is 0. The molecule has 29 heavy (non-hydrogen) atoms. The Morgan fingerprint density at radius 2 is 1.93 bits per heavy atom. The Balaban J connectivity index is 1.90. The summed E-state index contributed by atoms with van der Waals surface area (Å²) in [6, 6.07) is 7.83. The van der Waals surface area contributed by atoms with Crippen molar-refractivity contribution in [3.63, 3.8) is 0 Å². The predicted molar refractivity (Wildman–Crippen MR) is 114 cm³/mol. The Hall–Kier alpha value is -2.54. The van der Waals surface area contributed by atoms with Crippen molar-refractivity contribution in [2.75, 3.05) is 13.1 Å². The molecule has 1 aliphatic rings. The molecule has 1 aromatic carbocycles. The van der Waals surface area contributed by atoms with Gasteiger partial charge in [-0.25, -0.2) is 4.68 Å². The fourth-order valence-corrected chi connectivity index (χ4v) is 4.23. The van der Waals surface area contributed by atoms with Gasteiger partial charge in [-0.05, 0) is 87.0 Å². The lowest BCUT2D eigenvalue weighted by Crippen LogP contribution is -2.41. The smallest absolute Gasteiger partial charge is 0.253 e. The molecule has 0 radical (unpaired) electrons. The predicted octanol–water partition coefficient (Wildman–Crippen LogP) is 3.40. The molecule has 0 bridgehead atoms. The molecule has 2 aromatic heterocycles. The maximum absolute atomic E-state index is 13.2. The van der Waals surface area contributed by atoms with E-state index in [1.54, 1.807) is 0 Å². The molecule has 0 saturated carbocycles. The van der Waals surface area contributed by atoms with Crippen molar-refractivity contribution < 1.29 is 0 Å². The van der Waals surface area contributed by atoms with Crippen molar-refractivity contribution in [3.8, 4) is 0 Å². The minimum atomic E-state index is -0.277. The van der Waals surface area contributed by atoms with Crippen LogP contribution >= 0.6 is 0 Å². The number of hydrogen-bond donors (Lipinski definition) is 1. The van der Waals surface area contributed by atoms with Gasteiger partial charge in [-0.2, -0.15) is 0 Å². The van der Waals surface area contributed by atoms with Crippen LogP contribution in [0, 0.1) is 12.8 Å². The number of aromatic amines is 1. The van der Waals surface area contributed by atoms with Gasteiger partial charge in [0.2, 0.25) is 0 Å². The van der Waals surface area contributed by atoms with Gasteiger partial charge < -0.3 is 4.98 Å². The van der Waals surface area contributed by atoms with Crippen molar-refractivity contribution in [2.45, 2.75) is 59.0 Å². The number of aryl methyl sites for hydroxylation is 1. The van der Waals surface area contributed by atoms with Crippen LogP contribution in [0.2, 0.25) is 0 Å². The van der Waals surface area contributed by atoms with E-state index >= 15 is 0 Å². The maximum atomic E-state index is 13.2. The van der Waals surface area contributed by atoms with Crippen molar-refractivity contribution in [1.29, 1.82) is 0 Å². The lowest BCUT2D eigenvalue weighted by atomic mass is 9.94. The first-order valence-corrected chi connectivity index (χ1v) is 10.4. The first-order chi connectivity index (χ1) is 13.8. The van der Waals surface area contributed by atoms with Gasteiger partial charge in [-0.3, -0.25) is 9.69 Å². The number of aromatic nitrogens is 5. The zero-order chi connectivity index (χ0) is 20.8. The maximum Gasteiger partial charge on any atom is 0.253 e. The van der Waals surface area contributed by atoms with E-state index in [0.29, 0.717) is 11.5 Å². The number of para-hydroxylation sites is 1. The molecule has 1 fully saturated rings. The molecule has 154 valence electrons. The van der Waals surface area contributed by atoms with Crippen LogP contribution < -0.4 is 5.56 Å². The molecule has 7 heteroatoms. The van der Waals surface area contributed by atoms with Gasteiger partial charge in [0.25, 0.3) is 5.56 Å². The molecule has 1 aliphatic heterocycles. The molecule has 0 spiro atoms. The number of likely N-dealkylation sites (tertiary alicyclic amines) is 1. The van der Waals surface area contributed by atoms with E-state index in [2.05, 4.69) is 53.1 Å². The number of nitrogens with one attached hydrogen (secondary N) is 1. The summed E-state index contributed by atoms with van der Waals surface area (Å²) in [6.45, 7) is 12.4. The number of pyridine rings is 1. The van der Waals surface area contributed by atoms with E-state index in [4.69, 9.17) is 0 Å². The first-order valence-electron chi connectivity index (χ1n) is 10.4. The zero-order valence-electron chi connectivity index (χ0n) is 17.9. The number of H-pyrrole nitrogens is 1. The van der Waals surface area contributed by atoms with E-state index in [0.717, 1.165) is 48.2 Å². The molecule has 1 saturated heterocycles. The number of rotatable bonds is 3. The Morgan fingerprint density at radius 1 is 1.21 bits per heavy atom. The topological polar surface area (TPSA) is 79.7 Å². The average molecular weight is 395 g/mol. The minimum Gasteiger partial charge on any atom is -0.321 e. The molecule has 0 unspecified atom stereocenters. The summed E-state index contributed by atoms with van der Waals surface area (Å²) in [5, 5.41) is 13.7. The number of tetrazole rings is 1. The van der Waals surface area contributed by atoms with E-state index in [-0.39, 0.29) is 17.1 Å². The third-order valence-electron chi connectivity index (χ3n) is 5.97. The lowest BCUT2D eigenvalue weighted by Gasteiger charge is -2.36. The van der Waals surface area contributed by atoms with E-state index in [1.165, 1.54) is 0 Å². The third-order valence-corrected chi connectivity index (χ3v) is 5.97. The van der Waals surface area contributed by atoms with Crippen LogP contribution in [0.3, 0.4) is 0 Å². The molecule has 0 amide bonds. The van der Waals surface area contributed by atoms with Crippen LogP contribution in [0.1, 0.15) is 63.5 Å². The average Bonchev–Trinajstić information content (AvgIpc) is 3.15. The highest BCUT2D eigenvalue weighted by molar-refractivity contribution is 5.82. The Labute approximate surface area is 171 Å². The normalized spacial score (nSPS) is 17.7. The molecule has 4 rings (SSSR count). The minimum absolute atomic E-state index is 0.0705. The Bertz CT molecular complexity index is 1070. The number of fused-ring (bicyclic) bond motifs is 1. The number of nitrogens with zero attached hydrogens (tertiary/aromatic N) is 5. The summed E-state index contributed by atoms with van der Waals surface area (Å²) in [5.41, 5.74) is 2.31. The molecule has 3 aromatic rings. The molecule has 3 heterocycles. The van der Waals surface area contributed by atoms with Gasteiger partial charge in [0, 0.05) is 5.56 Å². The van der Waals surface area contributed by atoms with Crippen molar-refractivity contribution in [2.24, 2.45) is 5.92 Å². The van der Waals surface area contributed by atoms with Crippen molar-refractivity contribution in [3.05, 3.63) is 51.6 Å². The zero-order valence-corrected chi connectivity index (χ0v) is 17.9. The SMILES string of the molecule is Cc1cccc2cc([C@@H](c3nnnn3C(C)(C)C)N3CCC(C)CC3)c(=O)[nH]c12. The van der Waals surface area contributed by atoms with Crippen molar-refractivity contribution in [1.82, 2.24) is 30.1 Å². The van der Waals surface area contributed by atoms with Crippen LogP contribution in [-0.4, -0.2) is 43.2 Å². The largest absolute Gasteiger partial charge is 0.321 e. The van der Waals surface area contributed by atoms with Crippen LogP contribution in [0.25, 0.3) is 10.9 Å². The fourth-order valence-electron chi connectivity index (χ4n) is 4.23. The first kappa shape index (κ1) is 19.8. The molecule has 1 N–H and O–H groups in total. The third kappa shape index (κ3) is 3.71. The second-order valence-electron chi connectivity index (χ2n) is 9.33. The molecular weight excluding hydrogens is 364 g/mol. The number of piperidine rings is 1. The van der Waals surface area contributed by atoms with Gasteiger partial charge in [-0.15, -0.1) is 5.10 Å². The molecular formula is C22H30N6O. The highest BCUT2D eigenvalue weighted by Gasteiger charge is 2.34. The van der Waals surface area contributed by atoms with E-state index in [9.17, 15) is 4.79 Å². The summed E-state index contributed by atoms with van der Waals surface area (Å²) in [6.07, 6.45) is 2.22. The quantitative estimate of drug-likeness (QED) is 0.736. The standard InChI is InChI=1S/C22H30N6O/c1-14-9-11-27(12-10-14)19(20-24-25-26-28(20)22(3,4)5)17-13-16-8-6-7-15(2)18(16)23-21(17)29/h6-8,13-14,19H,9-12H2,1-5H3,(H,23,29)/t19-/m0/s1. The Kier molecular flexibility index (Phi) is 5.02. The van der Waals surface area contributed by atoms with Crippen LogP contribution in [0.4, 0.5) is 0 Å². The van der Waals surface area contributed by atoms with Crippen LogP contribution in [0.5, 0.6) is 0 Å². The number of hydrogen-bond acceptors (Lipinski definition) is 5. The summed E-state index contributed by atoms with van der Waals surface area (Å²) in [5.74, 6) is 1.42. The molecule has 7 nitrogen and oxygen atoms in total. The molecule has 0 aliphatic carbocycles. The summed E-state index contributed by atoms with van der Waals surface area (Å²) in [4.78, 5) is 18.7. The fraction of sp³-hybridized carbons (Fsp3) is 0.545. The lowest BCUT2D eigenvalue weighted by molar-refractivity contribution is 0.144. The second-order valence-corrected chi connectivity index (χ2v) is 9.33. The van der Waals surface area contributed by atoms with E-state index in [1.807, 2.05) is 35.9 Å².